The quantitative estimate of drug-likeness (QED) is 0.326. The van der Waals surface area contributed by atoms with Crippen molar-refractivity contribution in [2.24, 2.45) is 5.84 Å². The zero-order chi connectivity index (χ0) is 15.1. The fourth-order valence-corrected chi connectivity index (χ4v) is 1.46. The molecule has 1 unspecified atom stereocenters. The lowest BCUT2D eigenvalue weighted by Gasteiger charge is -2.14. The number of nitro groups is 1. The average Bonchev–Trinajstić information content (AvgIpc) is 2.43. The van der Waals surface area contributed by atoms with Crippen molar-refractivity contribution in [2.45, 2.75) is 26.3 Å². The summed E-state index contributed by atoms with van der Waals surface area (Å²) in [6.07, 6.45) is 0.828. The monoisotopic (exact) mass is 282 g/mol. The van der Waals surface area contributed by atoms with Crippen molar-refractivity contribution >= 4 is 23.2 Å². The van der Waals surface area contributed by atoms with Gasteiger partial charge in [-0.2, -0.15) is 0 Å². The van der Waals surface area contributed by atoms with Gasteiger partial charge in [0, 0.05) is 6.54 Å². The van der Waals surface area contributed by atoms with E-state index < -0.39 is 11.0 Å². The second-order valence-corrected chi connectivity index (χ2v) is 4.15. The fraction of sp³-hybridized carbons (Fsp3) is 0.455. The molecule has 0 aliphatic rings. The summed E-state index contributed by atoms with van der Waals surface area (Å²) in [5, 5.41) is 16.3. The largest absolute Gasteiger partial charge is 0.358 e. The van der Waals surface area contributed by atoms with E-state index in [1.807, 2.05) is 6.92 Å². The Morgan fingerprint density at radius 2 is 2.15 bits per heavy atom. The molecule has 0 bridgehead atoms. The first-order valence-electron chi connectivity index (χ1n) is 6.15. The number of carbonyl (C=O) groups excluding carboxylic acids is 1. The molecule has 20 heavy (non-hydrogen) atoms. The van der Waals surface area contributed by atoms with Gasteiger partial charge < -0.3 is 16.1 Å². The van der Waals surface area contributed by atoms with Crippen molar-refractivity contribution in [3.63, 3.8) is 0 Å². The first-order chi connectivity index (χ1) is 9.47. The Labute approximate surface area is 116 Å². The number of nitrogen functional groups attached to an aromatic ring is 1. The van der Waals surface area contributed by atoms with E-state index in [0.29, 0.717) is 6.54 Å². The number of nitrogens with zero attached hydrogens (tertiary/aromatic N) is 2. The Hall–Kier alpha value is -2.42. The predicted molar refractivity (Wildman–Crippen MR) is 75.1 cm³/mol. The van der Waals surface area contributed by atoms with E-state index in [1.165, 1.54) is 12.1 Å². The molecule has 110 valence electrons. The maximum atomic E-state index is 11.7. The van der Waals surface area contributed by atoms with Crippen molar-refractivity contribution in [2.75, 3.05) is 17.3 Å². The van der Waals surface area contributed by atoms with Gasteiger partial charge in [0.15, 0.2) is 0 Å². The third kappa shape index (κ3) is 4.35. The molecule has 9 nitrogen and oxygen atoms in total. The molecule has 1 aromatic heterocycles. The van der Waals surface area contributed by atoms with Crippen LogP contribution >= 0.6 is 0 Å². The van der Waals surface area contributed by atoms with Gasteiger partial charge in [-0.05, 0) is 13.3 Å². The summed E-state index contributed by atoms with van der Waals surface area (Å²) < 4.78 is 0. The van der Waals surface area contributed by atoms with Crippen molar-refractivity contribution in [3.8, 4) is 0 Å². The highest BCUT2D eigenvalue weighted by Gasteiger charge is 2.16. The minimum atomic E-state index is -0.568. The number of nitrogens with one attached hydrogen (secondary N) is 3. The summed E-state index contributed by atoms with van der Waals surface area (Å²) in [5.41, 5.74) is 2.07. The van der Waals surface area contributed by atoms with E-state index in [2.05, 4.69) is 21.0 Å². The van der Waals surface area contributed by atoms with Gasteiger partial charge in [0.1, 0.15) is 17.7 Å². The molecule has 0 radical (unpaired) electrons. The molecule has 0 saturated carbocycles. The number of nitrogens with two attached hydrogens (primary N) is 1. The molecule has 1 amide bonds. The van der Waals surface area contributed by atoms with Crippen molar-refractivity contribution in [1.29, 1.82) is 0 Å². The average molecular weight is 282 g/mol. The van der Waals surface area contributed by atoms with Gasteiger partial charge >= 0.3 is 0 Å². The first-order valence-corrected chi connectivity index (χ1v) is 6.15. The minimum absolute atomic E-state index is 0.142. The number of pyridine rings is 1. The summed E-state index contributed by atoms with van der Waals surface area (Å²) >= 11 is 0. The number of rotatable bonds is 7. The number of hydrogen-bond donors (Lipinski definition) is 4. The van der Waals surface area contributed by atoms with Gasteiger partial charge in [-0.1, -0.05) is 6.92 Å². The molecule has 1 heterocycles. The molecular weight excluding hydrogens is 264 g/mol. The van der Waals surface area contributed by atoms with Crippen LogP contribution < -0.4 is 21.9 Å². The minimum Gasteiger partial charge on any atom is -0.358 e. The highest BCUT2D eigenvalue weighted by molar-refractivity contribution is 5.84. The van der Waals surface area contributed by atoms with E-state index in [9.17, 15) is 14.9 Å². The number of hydrogen-bond acceptors (Lipinski definition) is 7. The van der Waals surface area contributed by atoms with Gasteiger partial charge in [-0.15, -0.1) is 0 Å². The van der Waals surface area contributed by atoms with Crippen LogP contribution in [0.2, 0.25) is 0 Å². The normalized spacial score (nSPS) is 11.6. The molecule has 0 aromatic carbocycles. The molecule has 1 aromatic rings. The summed E-state index contributed by atoms with van der Waals surface area (Å²) in [6, 6.07) is 1.87. The van der Waals surface area contributed by atoms with E-state index >= 15 is 0 Å². The number of aromatic nitrogens is 1. The summed E-state index contributed by atoms with van der Waals surface area (Å²) in [5.74, 6) is 5.34. The van der Waals surface area contributed by atoms with Crippen LogP contribution in [0.1, 0.15) is 20.3 Å². The lowest BCUT2D eigenvalue weighted by molar-refractivity contribution is -0.384. The van der Waals surface area contributed by atoms with Crippen LogP contribution in [0, 0.1) is 10.1 Å². The molecule has 0 spiro atoms. The van der Waals surface area contributed by atoms with Crippen molar-refractivity contribution < 1.29 is 9.72 Å². The van der Waals surface area contributed by atoms with Gasteiger partial charge in [0.25, 0.3) is 5.69 Å². The smallest absolute Gasteiger partial charge is 0.276 e. The van der Waals surface area contributed by atoms with E-state index in [0.717, 1.165) is 6.42 Å². The Morgan fingerprint density at radius 1 is 1.50 bits per heavy atom. The van der Waals surface area contributed by atoms with Crippen molar-refractivity contribution in [3.05, 3.63) is 22.2 Å². The Balaban J connectivity index is 2.83. The van der Waals surface area contributed by atoms with Crippen LogP contribution in [0.5, 0.6) is 0 Å². The zero-order valence-electron chi connectivity index (χ0n) is 11.3. The molecule has 0 saturated heterocycles. The van der Waals surface area contributed by atoms with Gasteiger partial charge in [0.2, 0.25) is 5.91 Å². The number of amides is 1. The molecule has 5 N–H and O–H groups in total. The SMILES string of the molecule is CCCNC(=O)C(C)Nc1cc([N+](=O)[O-])cc(NN)n1. The van der Waals surface area contributed by atoms with E-state index in [1.54, 1.807) is 6.92 Å². The van der Waals surface area contributed by atoms with Crippen LogP contribution in [0.4, 0.5) is 17.3 Å². The zero-order valence-corrected chi connectivity index (χ0v) is 11.3. The van der Waals surface area contributed by atoms with Crippen LogP contribution in [-0.2, 0) is 4.79 Å². The number of hydrazine groups is 1. The van der Waals surface area contributed by atoms with Gasteiger partial charge in [0.05, 0.1) is 17.1 Å². The number of anilines is 2. The highest BCUT2D eigenvalue weighted by atomic mass is 16.6. The lowest BCUT2D eigenvalue weighted by Crippen LogP contribution is -2.38. The predicted octanol–water partition coefficient (Wildman–Crippen LogP) is 0.602. The molecule has 1 atom stereocenters. The molecule has 1 rings (SSSR count). The summed E-state index contributed by atoms with van der Waals surface area (Å²) in [6.45, 7) is 4.16. The van der Waals surface area contributed by atoms with Crippen LogP contribution in [-0.4, -0.2) is 28.4 Å². The van der Waals surface area contributed by atoms with Crippen LogP contribution in [0.25, 0.3) is 0 Å². The second kappa shape index (κ2) is 7.24. The second-order valence-electron chi connectivity index (χ2n) is 4.15. The fourth-order valence-electron chi connectivity index (χ4n) is 1.46. The van der Waals surface area contributed by atoms with Crippen molar-refractivity contribution in [1.82, 2.24) is 10.3 Å². The molecule has 9 heteroatoms. The maximum Gasteiger partial charge on any atom is 0.276 e. The molecule has 0 aliphatic heterocycles. The Kier molecular flexibility index (Phi) is 5.66. The summed E-state index contributed by atoms with van der Waals surface area (Å²) in [4.78, 5) is 25.9. The summed E-state index contributed by atoms with van der Waals surface area (Å²) in [7, 11) is 0. The Morgan fingerprint density at radius 3 is 2.70 bits per heavy atom. The van der Waals surface area contributed by atoms with E-state index in [4.69, 9.17) is 5.84 Å². The Bertz CT molecular complexity index is 493. The standard InChI is InChI=1S/C11H18N6O3/c1-3-4-13-11(18)7(2)14-9-5-8(17(19)20)6-10(15-9)16-12/h5-7H,3-4,12H2,1-2H3,(H,13,18)(H2,14,15,16). The highest BCUT2D eigenvalue weighted by Crippen LogP contribution is 2.20. The molecular formula is C11H18N6O3. The third-order valence-corrected chi connectivity index (χ3v) is 2.48. The first kappa shape index (κ1) is 15.6. The maximum absolute atomic E-state index is 11.7. The third-order valence-electron chi connectivity index (χ3n) is 2.48. The lowest BCUT2D eigenvalue weighted by atomic mass is 10.3. The molecule has 0 aliphatic carbocycles. The van der Waals surface area contributed by atoms with Gasteiger partial charge in [-0.3, -0.25) is 14.9 Å². The van der Waals surface area contributed by atoms with E-state index in [-0.39, 0.29) is 23.2 Å². The van der Waals surface area contributed by atoms with Crippen LogP contribution in [0.15, 0.2) is 12.1 Å². The topological polar surface area (TPSA) is 135 Å². The number of carbonyl (C=O) groups is 1. The molecule has 0 fully saturated rings. The van der Waals surface area contributed by atoms with Crippen LogP contribution in [0.3, 0.4) is 0 Å². The van der Waals surface area contributed by atoms with Gasteiger partial charge in [-0.25, -0.2) is 10.8 Å².